The fourth-order valence-electron chi connectivity index (χ4n) is 1.42. The molecule has 0 spiro atoms. The number of carbonyl (C=O) groups is 1. The van der Waals surface area contributed by atoms with Crippen LogP contribution in [0.25, 0.3) is 0 Å². The zero-order valence-corrected chi connectivity index (χ0v) is 10.3. The van der Waals surface area contributed by atoms with Crippen molar-refractivity contribution in [2.45, 2.75) is 19.8 Å². The third-order valence-corrected chi connectivity index (χ3v) is 2.46. The van der Waals surface area contributed by atoms with E-state index in [4.69, 9.17) is 5.73 Å². The van der Waals surface area contributed by atoms with Gasteiger partial charge in [-0.2, -0.15) is 0 Å². The highest BCUT2D eigenvalue weighted by Crippen LogP contribution is 2.17. The fraction of sp³-hybridized carbons (Fsp3) is 0.250. The molecular weight excluding hydrogens is 230 g/mol. The standard InChI is InChI=1S/C12H15N5O/c1-7(2)10-15-11(17-16-10)12(18)14-9-6-4-3-5-8(9)13/h3-7H,13H2,1-2H3,(H,14,18)(H,15,16,17). The number of carbonyl (C=O) groups excluding carboxylic acids is 1. The highest BCUT2D eigenvalue weighted by Gasteiger charge is 2.14. The summed E-state index contributed by atoms with van der Waals surface area (Å²) in [6.45, 7) is 3.94. The molecule has 18 heavy (non-hydrogen) atoms. The molecule has 6 nitrogen and oxygen atoms in total. The molecule has 94 valence electrons. The monoisotopic (exact) mass is 245 g/mol. The molecule has 0 saturated carbocycles. The molecule has 0 unspecified atom stereocenters. The lowest BCUT2D eigenvalue weighted by atomic mass is 10.2. The summed E-state index contributed by atoms with van der Waals surface area (Å²) in [4.78, 5) is 16.0. The predicted octanol–water partition coefficient (Wildman–Crippen LogP) is 1.76. The second-order valence-electron chi connectivity index (χ2n) is 4.24. The van der Waals surface area contributed by atoms with Crippen molar-refractivity contribution in [3.05, 3.63) is 35.9 Å². The average Bonchev–Trinajstić information content (AvgIpc) is 2.81. The van der Waals surface area contributed by atoms with Gasteiger partial charge in [0, 0.05) is 5.92 Å². The minimum Gasteiger partial charge on any atom is -0.397 e. The van der Waals surface area contributed by atoms with Crippen LogP contribution < -0.4 is 11.1 Å². The van der Waals surface area contributed by atoms with E-state index in [1.807, 2.05) is 13.8 Å². The van der Waals surface area contributed by atoms with Crippen molar-refractivity contribution in [1.82, 2.24) is 15.2 Å². The van der Waals surface area contributed by atoms with Gasteiger partial charge in [0.1, 0.15) is 5.82 Å². The lowest BCUT2D eigenvalue weighted by molar-refractivity contribution is 0.101. The van der Waals surface area contributed by atoms with Gasteiger partial charge < -0.3 is 11.1 Å². The van der Waals surface area contributed by atoms with Crippen LogP contribution in [0.4, 0.5) is 11.4 Å². The minimum absolute atomic E-state index is 0.113. The number of H-pyrrole nitrogens is 1. The van der Waals surface area contributed by atoms with E-state index < -0.39 is 0 Å². The Morgan fingerprint density at radius 3 is 2.72 bits per heavy atom. The van der Waals surface area contributed by atoms with Crippen LogP contribution in [-0.4, -0.2) is 21.1 Å². The Balaban J connectivity index is 2.15. The molecule has 1 amide bonds. The number of benzene rings is 1. The summed E-state index contributed by atoms with van der Waals surface area (Å²) in [5, 5.41) is 9.28. The van der Waals surface area contributed by atoms with Crippen molar-refractivity contribution in [2.75, 3.05) is 11.1 Å². The Bertz CT molecular complexity index is 561. The summed E-state index contributed by atoms with van der Waals surface area (Å²) >= 11 is 0. The van der Waals surface area contributed by atoms with Gasteiger partial charge in [-0.25, -0.2) is 4.98 Å². The second-order valence-corrected chi connectivity index (χ2v) is 4.24. The number of nitrogen functional groups attached to an aromatic ring is 1. The van der Waals surface area contributed by atoms with E-state index in [0.717, 1.165) is 0 Å². The molecule has 0 bridgehead atoms. The van der Waals surface area contributed by atoms with Crippen LogP contribution in [0.15, 0.2) is 24.3 Å². The fourth-order valence-corrected chi connectivity index (χ4v) is 1.42. The first kappa shape index (κ1) is 12.1. The van der Waals surface area contributed by atoms with Gasteiger partial charge in [-0.05, 0) is 12.1 Å². The van der Waals surface area contributed by atoms with Crippen LogP contribution in [0.1, 0.15) is 36.2 Å². The molecule has 0 aliphatic heterocycles. The smallest absolute Gasteiger partial charge is 0.295 e. The summed E-state index contributed by atoms with van der Waals surface area (Å²) in [7, 11) is 0. The topological polar surface area (TPSA) is 96.7 Å². The van der Waals surface area contributed by atoms with Gasteiger partial charge in [-0.3, -0.25) is 9.89 Å². The minimum atomic E-state index is -0.379. The SMILES string of the molecule is CC(C)c1nc(C(=O)Nc2ccccc2N)n[nH]1. The van der Waals surface area contributed by atoms with E-state index in [-0.39, 0.29) is 17.6 Å². The van der Waals surface area contributed by atoms with Crippen molar-refractivity contribution in [3.63, 3.8) is 0 Å². The normalized spacial score (nSPS) is 10.6. The summed E-state index contributed by atoms with van der Waals surface area (Å²) in [6, 6.07) is 7.04. The number of para-hydroxylation sites is 2. The van der Waals surface area contributed by atoms with Gasteiger partial charge in [0.2, 0.25) is 5.82 Å². The lowest BCUT2D eigenvalue weighted by Crippen LogP contribution is -2.15. The summed E-state index contributed by atoms with van der Waals surface area (Å²) in [5.41, 5.74) is 6.80. The molecule has 1 heterocycles. The van der Waals surface area contributed by atoms with Crippen molar-refractivity contribution >= 4 is 17.3 Å². The van der Waals surface area contributed by atoms with E-state index in [0.29, 0.717) is 17.2 Å². The first-order chi connectivity index (χ1) is 8.58. The van der Waals surface area contributed by atoms with Crippen LogP contribution in [0.5, 0.6) is 0 Å². The number of nitrogens with one attached hydrogen (secondary N) is 2. The van der Waals surface area contributed by atoms with Crippen LogP contribution in [0.2, 0.25) is 0 Å². The van der Waals surface area contributed by atoms with Crippen LogP contribution >= 0.6 is 0 Å². The molecule has 0 saturated heterocycles. The third kappa shape index (κ3) is 2.48. The van der Waals surface area contributed by atoms with Gasteiger partial charge >= 0.3 is 0 Å². The Hall–Kier alpha value is -2.37. The zero-order chi connectivity index (χ0) is 13.1. The number of rotatable bonds is 3. The molecule has 6 heteroatoms. The van der Waals surface area contributed by atoms with E-state index in [1.54, 1.807) is 24.3 Å². The number of nitrogens with two attached hydrogens (primary N) is 1. The molecule has 0 aliphatic rings. The number of aromatic amines is 1. The number of nitrogens with zero attached hydrogens (tertiary/aromatic N) is 2. The summed E-state index contributed by atoms with van der Waals surface area (Å²) in [5.74, 6) is 0.611. The molecule has 2 aromatic rings. The van der Waals surface area contributed by atoms with E-state index in [9.17, 15) is 4.79 Å². The zero-order valence-electron chi connectivity index (χ0n) is 10.3. The number of hydrogen-bond donors (Lipinski definition) is 3. The number of amides is 1. The quantitative estimate of drug-likeness (QED) is 0.718. The second kappa shape index (κ2) is 4.87. The first-order valence-electron chi connectivity index (χ1n) is 5.66. The Morgan fingerprint density at radius 2 is 2.11 bits per heavy atom. The molecule has 2 rings (SSSR count). The number of aromatic nitrogens is 3. The van der Waals surface area contributed by atoms with Crippen molar-refractivity contribution < 1.29 is 4.79 Å². The number of anilines is 2. The molecule has 0 atom stereocenters. The Kier molecular flexibility index (Phi) is 3.27. The maximum absolute atomic E-state index is 11.9. The van der Waals surface area contributed by atoms with Crippen LogP contribution in [0.3, 0.4) is 0 Å². The molecule has 1 aromatic heterocycles. The van der Waals surface area contributed by atoms with Gasteiger partial charge in [0.25, 0.3) is 5.91 Å². The largest absolute Gasteiger partial charge is 0.397 e. The highest BCUT2D eigenvalue weighted by molar-refractivity contribution is 6.03. The summed E-state index contributed by atoms with van der Waals surface area (Å²) in [6.07, 6.45) is 0. The maximum atomic E-state index is 11.9. The Morgan fingerprint density at radius 1 is 1.39 bits per heavy atom. The van der Waals surface area contributed by atoms with Gasteiger partial charge in [0.05, 0.1) is 11.4 Å². The average molecular weight is 245 g/mol. The van der Waals surface area contributed by atoms with Gasteiger partial charge in [-0.15, -0.1) is 5.10 Å². The molecular formula is C12H15N5O. The van der Waals surface area contributed by atoms with E-state index in [2.05, 4.69) is 20.5 Å². The van der Waals surface area contributed by atoms with Crippen LogP contribution in [-0.2, 0) is 0 Å². The Labute approximate surface area is 105 Å². The van der Waals surface area contributed by atoms with E-state index >= 15 is 0 Å². The number of hydrogen-bond acceptors (Lipinski definition) is 4. The summed E-state index contributed by atoms with van der Waals surface area (Å²) < 4.78 is 0. The third-order valence-electron chi connectivity index (χ3n) is 2.46. The highest BCUT2D eigenvalue weighted by atomic mass is 16.2. The van der Waals surface area contributed by atoms with Crippen molar-refractivity contribution in [3.8, 4) is 0 Å². The van der Waals surface area contributed by atoms with Crippen molar-refractivity contribution in [1.29, 1.82) is 0 Å². The van der Waals surface area contributed by atoms with Gasteiger partial charge in [0.15, 0.2) is 0 Å². The predicted molar refractivity (Wildman–Crippen MR) is 69.3 cm³/mol. The molecule has 1 aromatic carbocycles. The molecule has 0 aliphatic carbocycles. The van der Waals surface area contributed by atoms with Crippen LogP contribution in [0, 0.1) is 0 Å². The lowest BCUT2D eigenvalue weighted by Gasteiger charge is -2.05. The first-order valence-corrected chi connectivity index (χ1v) is 5.66. The maximum Gasteiger partial charge on any atom is 0.295 e. The van der Waals surface area contributed by atoms with E-state index in [1.165, 1.54) is 0 Å². The molecule has 0 radical (unpaired) electrons. The van der Waals surface area contributed by atoms with Gasteiger partial charge in [-0.1, -0.05) is 26.0 Å². The van der Waals surface area contributed by atoms with Crippen molar-refractivity contribution in [2.24, 2.45) is 0 Å². The molecule has 0 fully saturated rings. The molecule has 4 N–H and O–H groups in total.